The molecule has 0 radical (unpaired) electrons. The summed E-state index contributed by atoms with van der Waals surface area (Å²) < 4.78 is 5.52. The summed E-state index contributed by atoms with van der Waals surface area (Å²) in [4.78, 5) is 17.4. The van der Waals surface area contributed by atoms with E-state index in [4.69, 9.17) is 4.74 Å². The van der Waals surface area contributed by atoms with Crippen molar-refractivity contribution < 1.29 is 9.53 Å². The van der Waals surface area contributed by atoms with E-state index < -0.39 is 0 Å². The van der Waals surface area contributed by atoms with Gasteiger partial charge in [0.05, 0.1) is 13.7 Å². The van der Waals surface area contributed by atoms with Gasteiger partial charge in [-0.05, 0) is 24.6 Å². The predicted octanol–water partition coefficient (Wildman–Crippen LogP) is 4.43. The van der Waals surface area contributed by atoms with Crippen LogP contribution in [0.5, 0.6) is 5.75 Å². The lowest BCUT2D eigenvalue weighted by Gasteiger charge is -2.34. The Hall–Kier alpha value is -3.15. The molecule has 4 rings (SSSR count). The first-order valence-electron chi connectivity index (χ1n) is 11.1. The summed E-state index contributed by atoms with van der Waals surface area (Å²) in [6, 6.07) is 24.4. The number of methoxy groups -OCH3 is 1. The number of benzene rings is 3. The molecule has 0 unspecified atom stereocenters. The van der Waals surface area contributed by atoms with Gasteiger partial charge in [-0.15, -0.1) is 0 Å². The number of hydrogen-bond acceptors (Lipinski definition) is 4. The van der Waals surface area contributed by atoms with Gasteiger partial charge in [0, 0.05) is 49.5 Å². The minimum atomic E-state index is 0.0298. The molecule has 1 aliphatic rings. The minimum absolute atomic E-state index is 0.0298. The van der Waals surface area contributed by atoms with Crippen LogP contribution >= 0.6 is 0 Å². The number of carbonyl (C=O) groups is 1. The van der Waals surface area contributed by atoms with Gasteiger partial charge in [-0.1, -0.05) is 66.2 Å². The summed E-state index contributed by atoms with van der Waals surface area (Å²) in [5.74, 6) is 0.969. The van der Waals surface area contributed by atoms with Crippen LogP contribution in [0.3, 0.4) is 0 Å². The highest BCUT2D eigenvalue weighted by Crippen LogP contribution is 2.27. The maximum absolute atomic E-state index is 12.8. The lowest BCUT2D eigenvalue weighted by molar-refractivity contribution is -0.117. The molecule has 5 nitrogen and oxygen atoms in total. The van der Waals surface area contributed by atoms with Gasteiger partial charge < -0.3 is 10.1 Å². The highest BCUT2D eigenvalue weighted by atomic mass is 16.5. The Morgan fingerprint density at radius 3 is 2.34 bits per heavy atom. The van der Waals surface area contributed by atoms with Gasteiger partial charge in [0.15, 0.2) is 0 Å². The van der Waals surface area contributed by atoms with E-state index in [1.54, 1.807) is 7.11 Å². The van der Waals surface area contributed by atoms with Crippen LogP contribution in [0.15, 0.2) is 72.8 Å². The zero-order valence-corrected chi connectivity index (χ0v) is 18.9. The van der Waals surface area contributed by atoms with Gasteiger partial charge in [0.25, 0.3) is 0 Å². The summed E-state index contributed by atoms with van der Waals surface area (Å²) in [5.41, 5.74) is 5.46. The second kappa shape index (κ2) is 10.4. The molecule has 0 saturated carbocycles. The van der Waals surface area contributed by atoms with Crippen LogP contribution in [-0.2, 0) is 11.3 Å². The van der Waals surface area contributed by atoms with Crippen molar-refractivity contribution in [3.05, 3.63) is 83.9 Å². The second-order valence-electron chi connectivity index (χ2n) is 8.33. The molecule has 3 aromatic rings. The van der Waals surface area contributed by atoms with Crippen molar-refractivity contribution >= 4 is 11.6 Å². The number of anilines is 1. The molecule has 166 valence electrons. The van der Waals surface area contributed by atoms with E-state index in [0.717, 1.165) is 55.3 Å². The highest BCUT2D eigenvalue weighted by molar-refractivity contribution is 5.96. The van der Waals surface area contributed by atoms with E-state index in [1.807, 2.05) is 48.5 Å². The summed E-state index contributed by atoms with van der Waals surface area (Å²) >= 11 is 0. The number of para-hydroxylation sites is 1. The van der Waals surface area contributed by atoms with E-state index in [1.165, 1.54) is 11.1 Å². The number of hydrogen-bond donors (Lipinski definition) is 1. The van der Waals surface area contributed by atoms with E-state index in [0.29, 0.717) is 6.54 Å². The van der Waals surface area contributed by atoms with Crippen molar-refractivity contribution in [1.82, 2.24) is 9.80 Å². The molecule has 0 atom stereocenters. The summed E-state index contributed by atoms with van der Waals surface area (Å²) in [6.45, 7) is 7.01. The predicted molar refractivity (Wildman–Crippen MR) is 130 cm³/mol. The van der Waals surface area contributed by atoms with Gasteiger partial charge in [-0.2, -0.15) is 0 Å². The zero-order valence-electron chi connectivity index (χ0n) is 18.9. The van der Waals surface area contributed by atoms with Crippen LogP contribution in [0.4, 0.5) is 5.69 Å². The largest absolute Gasteiger partial charge is 0.496 e. The number of ether oxygens (including phenoxy) is 1. The molecule has 5 heteroatoms. The number of piperazine rings is 1. The second-order valence-corrected chi connectivity index (χ2v) is 8.33. The molecule has 1 heterocycles. The lowest BCUT2D eigenvalue weighted by atomic mass is 10.0. The molecule has 0 aromatic heterocycles. The fraction of sp³-hybridized carbons (Fsp3) is 0.296. The third-order valence-corrected chi connectivity index (χ3v) is 5.95. The number of nitrogens with one attached hydrogen (secondary N) is 1. The van der Waals surface area contributed by atoms with Gasteiger partial charge in [0.1, 0.15) is 5.75 Å². The number of rotatable bonds is 7. The summed E-state index contributed by atoms with van der Waals surface area (Å²) in [6.07, 6.45) is 0. The molecule has 1 saturated heterocycles. The lowest BCUT2D eigenvalue weighted by Crippen LogP contribution is -2.48. The van der Waals surface area contributed by atoms with Crippen molar-refractivity contribution in [2.45, 2.75) is 13.5 Å². The van der Waals surface area contributed by atoms with Gasteiger partial charge in [0.2, 0.25) is 5.91 Å². The number of amides is 1. The maximum Gasteiger partial charge on any atom is 0.238 e. The van der Waals surface area contributed by atoms with Crippen LogP contribution < -0.4 is 10.1 Å². The first kappa shape index (κ1) is 22.1. The Balaban J connectivity index is 1.31. The van der Waals surface area contributed by atoms with Crippen LogP contribution in [0, 0.1) is 6.92 Å². The molecule has 1 amide bonds. The molecule has 3 aromatic carbocycles. The molecule has 1 fully saturated rings. The number of carbonyl (C=O) groups excluding carboxylic acids is 1. The molecular weight excluding hydrogens is 398 g/mol. The van der Waals surface area contributed by atoms with Crippen LogP contribution in [-0.4, -0.2) is 55.5 Å². The fourth-order valence-corrected chi connectivity index (χ4v) is 4.23. The van der Waals surface area contributed by atoms with Crippen LogP contribution in [0.2, 0.25) is 0 Å². The quantitative estimate of drug-likeness (QED) is 0.604. The highest BCUT2D eigenvalue weighted by Gasteiger charge is 2.20. The number of nitrogens with zero attached hydrogens (tertiary/aromatic N) is 2. The SMILES string of the molecule is COc1ccc(C)cc1CN1CCN(CC(=O)Nc2ccccc2-c2ccccc2)CC1. The van der Waals surface area contributed by atoms with Crippen molar-refractivity contribution in [2.75, 3.05) is 45.2 Å². The third-order valence-electron chi connectivity index (χ3n) is 5.95. The molecule has 0 aliphatic carbocycles. The molecular formula is C27H31N3O2. The molecule has 0 bridgehead atoms. The Morgan fingerprint density at radius 1 is 0.906 bits per heavy atom. The van der Waals surface area contributed by atoms with E-state index in [2.05, 4.69) is 46.3 Å². The van der Waals surface area contributed by atoms with E-state index >= 15 is 0 Å². The average molecular weight is 430 g/mol. The van der Waals surface area contributed by atoms with Crippen molar-refractivity contribution in [1.29, 1.82) is 0 Å². The van der Waals surface area contributed by atoms with Gasteiger partial charge in [-0.25, -0.2) is 0 Å². The van der Waals surface area contributed by atoms with Crippen molar-refractivity contribution in [3.63, 3.8) is 0 Å². The first-order valence-corrected chi connectivity index (χ1v) is 11.1. The average Bonchev–Trinajstić information content (AvgIpc) is 2.81. The Kier molecular flexibility index (Phi) is 7.20. The molecule has 1 aliphatic heterocycles. The zero-order chi connectivity index (χ0) is 22.3. The van der Waals surface area contributed by atoms with E-state index in [9.17, 15) is 4.79 Å². The first-order chi connectivity index (χ1) is 15.6. The smallest absolute Gasteiger partial charge is 0.238 e. The topological polar surface area (TPSA) is 44.8 Å². The molecule has 32 heavy (non-hydrogen) atoms. The van der Waals surface area contributed by atoms with Gasteiger partial charge in [-0.3, -0.25) is 14.6 Å². The van der Waals surface area contributed by atoms with Crippen molar-refractivity contribution in [2.24, 2.45) is 0 Å². The van der Waals surface area contributed by atoms with Gasteiger partial charge >= 0.3 is 0 Å². The monoisotopic (exact) mass is 429 g/mol. The van der Waals surface area contributed by atoms with Crippen LogP contribution in [0.25, 0.3) is 11.1 Å². The summed E-state index contributed by atoms with van der Waals surface area (Å²) in [7, 11) is 1.72. The Labute approximate surface area is 190 Å². The summed E-state index contributed by atoms with van der Waals surface area (Å²) in [5, 5.41) is 3.12. The molecule has 1 N–H and O–H groups in total. The fourth-order valence-electron chi connectivity index (χ4n) is 4.23. The van der Waals surface area contributed by atoms with E-state index in [-0.39, 0.29) is 5.91 Å². The molecule has 0 spiro atoms. The normalized spacial score (nSPS) is 14.8. The standard InChI is InChI=1S/C27H31N3O2/c1-21-12-13-26(32-2)23(18-21)19-29-14-16-30(17-15-29)20-27(31)28-25-11-7-6-10-24(25)22-8-4-3-5-9-22/h3-13,18H,14-17,19-20H2,1-2H3,(H,28,31). The Morgan fingerprint density at radius 2 is 1.59 bits per heavy atom. The van der Waals surface area contributed by atoms with Crippen molar-refractivity contribution in [3.8, 4) is 16.9 Å². The number of aryl methyl sites for hydroxylation is 1. The minimum Gasteiger partial charge on any atom is -0.496 e. The Bertz CT molecular complexity index is 1040. The third kappa shape index (κ3) is 5.55. The van der Waals surface area contributed by atoms with Crippen LogP contribution in [0.1, 0.15) is 11.1 Å². The maximum atomic E-state index is 12.8.